The molecule has 0 radical (unpaired) electrons. The predicted molar refractivity (Wildman–Crippen MR) is 259 cm³/mol. The second kappa shape index (κ2) is 31.0. The molecule has 0 fully saturated rings. The van der Waals surface area contributed by atoms with Crippen molar-refractivity contribution < 1.29 is 28.7 Å². The van der Waals surface area contributed by atoms with E-state index in [2.05, 4.69) is 68.8 Å². The van der Waals surface area contributed by atoms with E-state index in [1.165, 1.54) is 118 Å². The number of benzene rings is 1. The lowest BCUT2D eigenvalue weighted by Crippen LogP contribution is -2.12. The Hall–Kier alpha value is -5.88. The van der Waals surface area contributed by atoms with Gasteiger partial charge in [-0.2, -0.15) is 0 Å². The van der Waals surface area contributed by atoms with Crippen molar-refractivity contribution in [1.82, 2.24) is 9.97 Å². The molecular formula is C52H72N6O6. The standard InChI is InChI=1S/C52H72N6O6/c1-7-9-11-13-15-17-19-21-23-25-31-63-47-37-46(30-28-44-35-51(55-41(5)61)58-52(36-44)56-42(6)62)48(64-32-26-24-22-20-18-16-14-12-10-8-2)38-45(47)29-27-43-33-49(53-39(3)59)57-50(34-43)54-40(4)60/h33-38H,7-26,31-32H2,1-6H3,(H2,53,54,57,59,60)(H2,55,56,58,61,62). The van der Waals surface area contributed by atoms with E-state index in [0.29, 0.717) is 47.0 Å². The van der Waals surface area contributed by atoms with E-state index in [1.54, 1.807) is 24.3 Å². The van der Waals surface area contributed by atoms with Gasteiger partial charge in [0.1, 0.15) is 34.8 Å². The van der Waals surface area contributed by atoms with Crippen molar-refractivity contribution in [2.75, 3.05) is 34.5 Å². The molecule has 1 aromatic carbocycles. The molecule has 0 unspecified atom stereocenters. The third-order valence-electron chi connectivity index (χ3n) is 10.1. The molecule has 0 spiro atoms. The number of carbonyl (C=O) groups is 4. The number of aromatic nitrogens is 2. The molecule has 12 heteroatoms. The Morgan fingerprint density at radius 3 is 0.938 bits per heavy atom. The lowest BCUT2D eigenvalue weighted by molar-refractivity contribution is -0.115. The normalized spacial score (nSPS) is 10.5. The average molecular weight is 877 g/mol. The predicted octanol–water partition coefficient (Wildman–Crippen LogP) is 11.7. The number of nitrogens with zero attached hydrogens (tertiary/aromatic N) is 2. The van der Waals surface area contributed by atoms with E-state index >= 15 is 0 Å². The lowest BCUT2D eigenvalue weighted by atomic mass is 10.1. The Kier molecular flexibility index (Phi) is 25.5. The average Bonchev–Trinajstić information content (AvgIpc) is 3.22. The van der Waals surface area contributed by atoms with Crippen molar-refractivity contribution in [3.05, 3.63) is 58.7 Å². The third kappa shape index (κ3) is 23.0. The summed E-state index contributed by atoms with van der Waals surface area (Å²) in [7, 11) is 0. The molecule has 3 aromatic rings. The number of hydrogen-bond acceptors (Lipinski definition) is 8. The summed E-state index contributed by atoms with van der Waals surface area (Å²) >= 11 is 0. The number of carbonyl (C=O) groups excluding carboxylic acids is 4. The van der Waals surface area contributed by atoms with Crippen LogP contribution in [-0.4, -0.2) is 46.8 Å². The monoisotopic (exact) mass is 877 g/mol. The Balaban J connectivity index is 1.99. The van der Waals surface area contributed by atoms with Crippen LogP contribution < -0.4 is 30.7 Å². The maximum absolute atomic E-state index is 11.9. The quantitative estimate of drug-likeness (QED) is 0.0414. The van der Waals surface area contributed by atoms with Crippen LogP contribution in [0.5, 0.6) is 11.5 Å². The molecule has 0 saturated heterocycles. The molecule has 3 rings (SSSR count). The zero-order valence-corrected chi connectivity index (χ0v) is 39.4. The molecule has 0 aliphatic carbocycles. The molecule has 2 aromatic heterocycles. The number of rotatable bonds is 28. The van der Waals surface area contributed by atoms with Gasteiger partial charge in [-0.25, -0.2) is 9.97 Å². The first kappa shape index (κ1) is 52.5. The van der Waals surface area contributed by atoms with Crippen LogP contribution in [0.15, 0.2) is 36.4 Å². The van der Waals surface area contributed by atoms with Crippen molar-refractivity contribution >= 4 is 46.9 Å². The summed E-state index contributed by atoms with van der Waals surface area (Å²) in [6, 6.07) is 10.3. The first-order valence-corrected chi connectivity index (χ1v) is 23.6. The van der Waals surface area contributed by atoms with Crippen LogP contribution in [0, 0.1) is 23.7 Å². The lowest BCUT2D eigenvalue weighted by Gasteiger charge is -2.14. The summed E-state index contributed by atoms with van der Waals surface area (Å²) in [5, 5.41) is 10.7. The van der Waals surface area contributed by atoms with Gasteiger partial charge in [0.2, 0.25) is 23.6 Å². The summed E-state index contributed by atoms with van der Waals surface area (Å²) in [6.07, 6.45) is 24.0. The minimum atomic E-state index is -0.306. The number of amides is 4. The van der Waals surface area contributed by atoms with Crippen LogP contribution in [0.25, 0.3) is 0 Å². The van der Waals surface area contributed by atoms with E-state index in [-0.39, 0.29) is 46.9 Å². The number of anilines is 4. The maximum atomic E-state index is 11.9. The van der Waals surface area contributed by atoms with E-state index in [4.69, 9.17) is 9.47 Å². The highest BCUT2D eigenvalue weighted by atomic mass is 16.5. The van der Waals surface area contributed by atoms with Gasteiger partial charge < -0.3 is 30.7 Å². The highest BCUT2D eigenvalue weighted by molar-refractivity contribution is 5.91. The highest BCUT2D eigenvalue weighted by Gasteiger charge is 2.13. The van der Waals surface area contributed by atoms with Crippen molar-refractivity contribution in [3.63, 3.8) is 0 Å². The number of hydrogen-bond donors (Lipinski definition) is 4. The van der Waals surface area contributed by atoms with E-state index < -0.39 is 0 Å². The van der Waals surface area contributed by atoms with Gasteiger partial charge in [0.15, 0.2) is 0 Å². The molecule has 0 saturated carbocycles. The number of pyridine rings is 2. The van der Waals surface area contributed by atoms with Crippen LogP contribution >= 0.6 is 0 Å². The minimum Gasteiger partial charge on any atom is -0.492 e. The largest absolute Gasteiger partial charge is 0.492 e. The fourth-order valence-corrected chi connectivity index (χ4v) is 7.00. The second-order valence-corrected chi connectivity index (χ2v) is 16.4. The molecule has 0 atom stereocenters. The molecule has 4 N–H and O–H groups in total. The van der Waals surface area contributed by atoms with Gasteiger partial charge in [-0.15, -0.1) is 0 Å². The van der Waals surface area contributed by atoms with Gasteiger partial charge >= 0.3 is 0 Å². The topological polar surface area (TPSA) is 161 Å². The van der Waals surface area contributed by atoms with Crippen LogP contribution in [0.1, 0.15) is 192 Å². The zero-order valence-electron chi connectivity index (χ0n) is 39.4. The van der Waals surface area contributed by atoms with Gasteiger partial charge in [0.05, 0.1) is 24.3 Å². The molecule has 2 heterocycles. The zero-order chi connectivity index (χ0) is 46.4. The number of ether oxygens (including phenoxy) is 2. The van der Waals surface area contributed by atoms with Crippen molar-refractivity contribution in [1.29, 1.82) is 0 Å². The van der Waals surface area contributed by atoms with Gasteiger partial charge in [-0.05, 0) is 37.1 Å². The molecule has 0 bridgehead atoms. The SMILES string of the molecule is CCCCCCCCCCCCOc1cc(C#Cc2cc(NC(C)=O)nc(NC(C)=O)c2)c(OCCCCCCCCCCCC)cc1C#Cc1cc(NC(C)=O)nc(NC(C)=O)c1. The number of unbranched alkanes of at least 4 members (excludes halogenated alkanes) is 18. The summed E-state index contributed by atoms with van der Waals surface area (Å²) in [4.78, 5) is 56.4. The van der Waals surface area contributed by atoms with Gasteiger partial charge in [0, 0.05) is 51.0 Å². The second-order valence-electron chi connectivity index (χ2n) is 16.4. The van der Waals surface area contributed by atoms with Crippen LogP contribution in [0.4, 0.5) is 23.3 Å². The molecule has 12 nitrogen and oxygen atoms in total. The molecular weight excluding hydrogens is 805 g/mol. The van der Waals surface area contributed by atoms with Crippen LogP contribution in [-0.2, 0) is 19.2 Å². The molecule has 0 aliphatic heterocycles. The smallest absolute Gasteiger partial charge is 0.222 e. The first-order valence-electron chi connectivity index (χ1n) is 23.6. The van der Waals surface area contributed by atoms with E-state index in [1.807, 2.05) is 12.1 Å². The van der Waals surface area contributed by atoms with Gasteiger partial charge in [-0.1, -0.05) is 153 Å². The summed E-state index contributed by atoms with van der Waals surface area (Å²) < 4.78 is 13.0. The van der Waals surface area contributed by atoms with Crippen LogP contribution in [0.3, 0.4) is 0 Å². The van der Waals surface area contributed by atoms with E-state index in [0.717, 1.165) is 38.5 Å². The summed E-state index contributed by atoms with van der Waals surface area (Å²) in [5.41, 5.74) is 2.20. The van der Waals surface area contributed by atoms with Crippen molar-refractivity contribution in [2.24, 2.45) is 0 Å². The first-order chi connectivity index (χ1) is 30.9. The van der Waals surface area contributed by atoms with Crippen molar-refractivity contribution in [3.8, 4) is 35.2 Å². The van der Waals surface area contributed by atoms with E-state index in [9.17, 15) is 19.2 Å². The molecule has 64 heavy (non-hydrogen) atoms. The van der Waals surface area contributed by atoms with Crippen molar-refractivity contribution in [2.45, 2.75) is 170 Å². The Morgan fingerprint density at radius 2 is 0.672 bits per heavy atom. The number of nitrogens with one attached hydrogen (secondary N) is 4. The van der Waals surface area contributed by atoms with Crippen LogP contribution in [0.2, 0.25) is 0 Å². The molecule has 346 valence electrons. The fourth-order valence-electron chi connectivity index (χ4n) is 7.00. The van der Waals surface area contributed by atoms with Gasteiger partial charge in [0.25, 0.3) is 0 Å². The third-order valence-corrected chi connectivity index (χ3v) is 10.1. The maximum Gasteiger partial charge on any atom is 0.222 e. The molecule has 4 amide bonds. The van der Waals surface area contributed by atoms with Gasteiger partial charge in [-0.3, -0.25) is 19.2 Å². The minimum absolute atomic E-state index is 0.256. The summed E-state index contributed by atoms with van der Waals surface area (Å²) in [5.74, 6) is 13.8. The highest BCUT2D eigenvalue weighted by Crippen LogP contribution is 2.30. The Morgan fingerprint density at radius 1 is 0.406 bits per heavy atom. The Labute approximate surface area is 382 Å². The fraction of sp³-hybridized carbons (Fsp3) is 0.538. The molecule has 0 aliphatic rings. The Bertz CT molecular complexity index is 1860. The summed E-state index contributed by atoms with van der Waals surface area (Å²) in [6.45, 7) is 11.0.